The van der Waals surface area contributed by atoms with Gasteiger partial charge >= 0.3 is 6.09 Å². The highest BCUT2D eigenvalue weighted by Gasteiger charge is 2.48. The molecular weight excluding hydrogens is 330 g/mol. The molecule has 132 valence electrons. The summed E-state index contributed by atoms with van der Waals surface area (Å²) < 4.78 is 5.43. The van der Waals surface area contributed by atoms with E-state index in [1.54, 1.807) is 11.0 Å². The van der Waals surface area contributed by atoms with Gasteiger partial charge in [0, 0.05) is 37.7 Å². The Morgan fingerprint density at radius 2 is 1.92 bits per heavy atom. The first-order valence-electron chi connectivity index (χ1n) is 8.19. The number of carbonyl (C=O) groups is 1. The summed E-state index contributed by atoms with van der Waals surface area (Å²) in [6.07, 6.45) is 1.79. The summed E-state index contributed by atoms with van der Waals surface area (Å²) in [7, 11) is 0. The van der Waals surface area contributed by atoms with Gasteiger partial charge in [-0.15, -0.1) is 10.2 Å². The van der Waals surface area contributed by atoms with Crippen LogP contribution in [0.25, 0.3) is 0 Å². The quantitative estimate of drug-likeness (QED) is 0.835. The maximum atomic E-state index is 12.1. The molecule has 1 aromatic rings. The van der Waals surface area contributed by atoms with Crippen LogP contribution in [0.15, 0.2) is 6.07 Å². The van der Waals surface area contributed by atoms with Crippen LogP contribution in [-0.2, 0) is 4.74 Å². The Kier molecular flexibility index (Phi) is 4.23. The van der Waals surface area contributed by atoms with E-state index in [1.807, 2.05) is 20.8 Å². The fourth-order valence-corrected chi connectivity index (χ4v) is 3.52. The highest BCUT2D eigenvalue weighted by atomic mass is 35.5. The highest BCUT2D eigenvalue weighted by Crippen LogP contribution is 2.42. The summed E-state index contributed by atoms with van der Waals surface area (Å²) in [6.45, 7) is 8.93. The number of halogens is 1. The third-order valence-electron chi connectivity index (χ3n) is 4.64. The van der Waals surface area contributed by atoms with Crippen molar-refractivity contribution in [2.24, 2.45) is 5.41 Å². The second-order valence-corrected chi connectivity index (χ2v) is 8.15. The van der Waals surface area contributed by atoms with Gasteiger partial charge in [-0.1, -0.05) is 11.6 Å². The van der Waals surface area contributed by atoms with Gasteiger partial charge in [0.2, 0.25) is 0 Å². The molecule has 0 unspecified atom stereocenters. The van der Waals surface area contributed by atoms with Crippen molar-refractivity contribution in [1.82, 2.24) is 15.1 Å². The number of carbonyl (C=O) groups excluding carboxylic acids is 1. The van der Waals surface area contributed by atoms with Gasteiger partial charge < -0.3 is 20.3 Å². The summed E-state index contributed by atoms with van der Waals surface area (Å²) in [5, 5.41) is 7.98. The zero-order valence-electron chi connectivity index (χ0n) is 14.4. The summed E-state index contributed by atoms with van der Waals surface area (Å²) >= 11 is 5.92. The smallest absolute Gasteiger partial charge is 0.410 e. The summed E-state index contributed by atoms with van der Waals surface area (Å²) in [6, 6.07) is 1.76. The van der Waals surface area contributed by atoms with Gasteiger partial charge in [0.25, 0.3) is 0 Å². The van der Waals surface area contributed by atoms with Gasteiger partial charge in [0.1, 0.15) is 5.60 Å². The van der Waals surface area contributed by atoms with Crippen molar-refractivity contribution in [2.75, 3.05) is 36.8 Å². The lowest BCUT2D eigenvalue weighted by molar-refractivity contribution is -0.0434. The van der Waals surface area contributed by atoms with E-state index in [0.29, 0.717) is 11.0 Å². The van der Waals surface area contributed by atoms with Gasteiger partial charge in [-0.3, -0.25) is 0 Å². The lowest BCUT2D eigenvalue weighted by atomic mass is 9.72. The third-order valence-corrected chi connectivity index (χ3v) is 4.83. The molecule has 1 aromatic heterocycles. The van der Waals surface area contributed by atoms with Crippen LogP contribution in [0, 0.1) is 5.41 Å². The second-order valence-electron chi connectivity index (χ2n) is 7.76. The summed E-state index contributed by atoms with van der Waals surface area (Å²) in [5.41, 5.74) is 6.50. The molecule has 1 amide bonds. The minimum absolute atomic E-state index is 0.201. The van der Waals surface area contributed by atoms with E-state index in [4.69, 9.17) is 22.1 Å². The number of aromatic nitrogens is 2. The molecule has 0 bridgehead atoms. The predicted octanol–water partition coefficient (Wildman–Crippen LogP) is 2.55. The molecule has 2 fully saturated rings. The number of piperidine rings is 1. The molecular formula is C16H24ClN5O2. The number of likely N-dealkylation sites (tertiary alicyclic amines) is 1. The van der Waals surface area contributed by atoms with E-state index >= 15 is 0 Å². The van der Waals surface area contributed by atoms with E-state index in [1.165, 1.54) is 0 Å². The molecule has 0 radical (unpaired) electrons. The second kappa shape index (κ2) is 5.95. The predicted molar refractivity (Wildman–Crippen MR) is 93.1 cm³/mol. The molecule has 0 atom stereocenters. The minimum Gasteiger partial charge on any atom is -0.444 e. The average Bonchev–Trinajstić information content (AvgIpc) is 2.46. The van der Waals surface area contributed by atoms with Gasteiger partial charge in [0.15, 0.2) is 11.0 Å². The Bertz CT molecular complexity index is 630. The number of amides is 1. The Hall–Kier alpha value is -1.76. The van der Waals surface area contributed by atoms with Crippen LogP contribution in [0.2, 0.25) is 5.15 Å². The molecule has 8 heteroatoms. The van der Waals surface area contributed by atoms with Crippen molar-refractivity contribution in [1.29, 1.82) is 0 Å². The van der Waals surface area contributed by atoms with Crippen molar-refractivity contribution >= 4 is 29.2 Å². The lowest BCUT2D eigenvalue weighted by Crippen LogP contribution is -2.62. The zero-order chi connectivity index (χ0) is 17.5. The van der Waals surface area contributed by atoms with Crippen molar-refractivity contribution < 1.29 is 9.53 Å². The number of hydrogen-bond donors (Lipinski definition) is 1. The van der Waals surface area contributed by atoms with E-state index in [9.17, 15) is 4.79 Å². The minimum atomic E-state index is -0.450. The first kappa shape index (κ1) is 17.1. The number of ether oxygens (including phenoxy) is 1. The molecule has 0 saturated carbocycles. The molecule has 2 aliphatic heterocycles. The van der Waals surface area contributed by atoms with Crippen molar-refractivity contribution in [2.45, 2.75) is 39.2 Å². The SMILES string of the molecule is CC(C)(C)OC(=O)N1CC2(CCN(c3cc(Cl)nnc3N)CC2)C1. The van der Waals surface area contributed by atoms with Gasteiger partial charge in [-0.2, -0.15) is 0 Å². The van der Waals surface area contributed by atoms with Crippen molar-refractivity contribution in [3.8, 4) is 0 Å². The summed E-state index contributed by atoms with van der Waals surface area (Å²) in [4.78, 5) is 16.1. The topological polar surface area (TPSA) is 84.6 Å². The van der Waals surface area contributed by atoms with Crippen LogP contribution in [0.3, 0.4) is 0 Å². The maximum Gasteiger partial charge on any atom is 0.410 e. The normalized spacial score (nSPS) is 20.0. The summed E-state index contributed by atoms with van der Waals surface area (Å²) in [5.74, 6) is 0.402. The Morgan fingerprint density at radius 3 is 2.50 bits per heavy atom. The molecule has 2 aliphatic rings. The number of hydrogen-bond acceptors (Lipinski definition) is 6. The Labute approximate surface area is 147 Å². The fraction of sp³-hybridized carbons (Fsp3) is 0.688. The molecule has 2 saturated heterocycles. The van der Waals surface area contributed by atoms with Crippen LogP contribution in [-0.4, -0.2) is 53.0 Å². The molecule has 3 rings (SSSR count). The lowest BCUT2D eigenvalue weighted by Gasteiger charge is -2.53. The van der Waals surface area contributed by atoms with Gasteiger partial charge in [-0.05, 0) is 33.6 Å². The highest BCUT2D eigenvalue weighted by molar-refractivity contribution is 6.29. The zero-order valence-corrected chi connectivity index (χ0v) is 15.1. The number of rotatable bonds is 1. The number of nitrogens with zero attached hydrogens (tertiary/aromatic N) is 4. The van der Waals surface area contributed by atoms with Gasteiger partial charge in [0.05, 0.1) is 5.69 Å². The number of nitrogens with two attached hydrogens (primary N) is 1. The molecule has 7 nitrogen and oxygen atoms in total. The monoisotopic (exact) mass is 353 g/mol. The van der Waals surface area contributed by atoms with Crippen LogP contribution >= 0.6 is 11.6 Å². The first-order chi connectivity index (χ1) is 11.2. The van der Waals surface area contributed by atoms with Crippen LogP contribution < -0.4 is 10.6 Å². The third kappa shape index (κ3) is 3.50. The standard InChI is InChI=1S/C16H24ClN5O2/c1-15(2,3)24-14(23)22-9-16(10-22)4-6-21(7-5-16)11-8-12(17)19-20-13(11)18/h8H,4-7,9-10H2,1-3H3,(H2,18,20). The van der Waals surface area contributed by atoms with Crippen LogP contribution in [0.5, 0.6) is 0 Å². The number of nitrogen functional groups attached to an aromatic ring is 1. The maximum absolute atomic E-state index is 12.1. The Morgan fingerprint density at radius 1 is 1.29 bits per heavy atom. The molecule has 1 spiro atoms. The van der Waals surface area contributed by atoms with E-state index in [0.717, 1.165) is 44.7 Å². The molecule has 2 N–H and O–H groups in total. The van der Waals surface area contributed by atoms with E-state index in [2.05, 4.69) is 15.1 Å². The average molecular weight is 354 g/mol. The molecule has 3 heterocycles. The largest absolute Gasteiger partial charge is 0.444 e. The number of anilines is 2. The fourth-order valence-electron chi connectivity index (χ4n) is 3.38. The van der Waals surface area contributed by atoms with Crippen LogP contribution in [0.4, 0.5) is 16.3 Å². The van der Waals surface area contributed by atoms with Crippen molar-refractivity contribution in [3.63, 3.8) is 0 Å². The molecule has 0 aliphatic carbocycles. The molecule has 24 heavy (non-hydrogen) atoms. The van der Waals surface area contributed by atoms with Gasteiger partial charge in [-0.25, -0.2) is 4.79 Å². The Balaban J connectivity index is 1.55. The van der Waals surface area contributed by atoms with E-state index in [-0.39, 0.29) is 11.5 Å². The van der Waals surface area contributed by atoms with Crippen LogP contribution in [0.1, 0.15) is 33.6 Å². The molecule has 0 aromatic carbocycles. The first-order valence-corrected chi connectivity index (χ1v) is 8.57. The van der Waals surface area contributed by atoms with Crippen molar-refractivity contribution in [3.05, 3.63) is 11.2 Å². The van der Waals surface area contributed by atoms with E-state index < -0.39 is 5.60 Å².